The maximum Gasteiger partial charge on any atom is 0.159 e. The van der Waals surface area contributed by atoms with E-state index in [0.717, 1.165) is 60.9 Å². The second-order valence-electron chi connectivity index (χ2n) is 14.4. The standard InChI is InChI=1S/C50H31NO2S/c1-30-13-2-8-20-42(30)51(43-21-12-17-36-34-15-4-10-23-45(34)53-49(36)43)31-25-26-33-32-14-3-6-18-38(32)50(40(33)27-31)39-19-7-11-24-47(39)54-48-28-37-35-16-5-9-22-44(35)52-46(37)29-41(48)50/h2-29H,1H3. The van der Waals surface area contributed by atoms with Crippen molar-refractivity contribution in [3.05, 3.63) is 198 Å². The molecule has 2 aromatic heterocycles. The molecule has 0 saturated carbocycles. The highest BCUT2D eigenvalue weighted by molar-refractivity contribution is 7.99. The molecule has 1 aliphatic carbocycles. The SMILES string of the molecule is Cc1ccccc1N(c1ccc2c(c1)C1(c3ccccc3Sc3cc4c(cc31)oc1ccccc14)c1ccccc1-2)c1cccc2c1oc1ccccc12. The Bertz CT molecular complexity index is 3190. The van der Waals surface area contributed by atoms with Crippen molar-refractivity contribution in [2.24, 2.45) is 0 Å². The van der Waals surface area contributed by atoms with Gasteiger partial charge in [0.2, 0.25) is 0 Å². The summed E-state index contributed by atoms with van der Waals surface area (Å²) in [7, 11) is 0. The number of para-hydroxylation sites is 4. The van der Waals surface area contributed by atoms with Gasteiger partial charge in [0.1, 0.15) is 16.7 Å². The molecule has 3 nitrogen and oxygen atoms in total. The molecule has 54 heavy (non-hydrogen) atoms. The Morgan fingerprint density at radius 3 is 1.98 bits per heavy atom. The molecule has 1 aliphatic heterocycles. The van der Waals surface area contributed by atoms with Gasteiger partial charge in [-0.1, -0.05) is 127 Å². The Morgan fingerprint density at radius 1 is 0.444 bits per heavy atom. The second-order valence-corrected chi connectivity index (χ2v) is 15.5. The van der Waals surface area contributed by atoms with Crippen LogP contribution in [-0.2, 0) is 5.41 Å². The first-order chi connectivity index (χ1) is 26.7. The molecule has 12 rings (SSSR count). The van der Waals surface area contributed by atoms with Crippen molar-refractivity contribution in [3.63, 3.8) is 0 Å². The van der Waals surface area contributed by atoms with Crippen molar-refractivity contribution in [1.29, 1.82) is 0 Å². The largest absolute Gasteiger partial charge is 0.456 e. The fourth-order valence-electron chi connectivity index (χ4n) is 9.38. The summed E-state index contributed by atoms with van der Waals surface area (Å²) in [6, 6.07) is 61.6. The second kappa shape index (κ2) is 11.0. The summed E-state index contributed by atoms with van der Waals surface area (Å²) in [6.07, 6.45) is 0. The van der Waals surface area contributed by atoms with E-state index in [4.69, 9.17) is 8.83 Å². The van der Waals surface area contributed by atoms with E-state index in [-0.39, 0.29) is 0 Å². The smallest absolute Gasteiger partial charge is 0.159 e. The molecule has 1 unspecified atom stereocenters. The zero-order valence-corrected chi connectivity index (χ0v) is 30.2. The van der Waals surface area contributed by atoms with Gasteiger partial charge in [0.25, 0.3) is 0 Å². The van der Waals surface area contributed by atoms with Crippen LogP contribution >= 0.6 is 11.8 Å². The summed E-state index contributed by atoms with van der Waals surface area (Å²) < 4.78 is 13.3. The zero-order valence-electron chi connectivity index (χ0n) is 29.3. The third-order valence-electron chi connectivity index (χ3n) is 11.7. The molecule has 8 aromatic carbocycles. The van der Waals surface area contributed by atoms with E-state index in [1.807, 2.05) is 23.9 Å². The molecule has 2 aliphatic rings. The van der Waals surface area contributed by atoms with Gasteiger partial charge in [0.15, 0.2) is 5.58 Å². The summed E-state index contributed by atoms with van der Waals surface area (Å²) in [5.41, 5.74) is 15.0. The lowest BCUT2D eigenvalue weighted by atomic mass is 9.67. The summed E-state index contributed by atoms with van der Waals surface area (Å²) in [6.45, 7) is 2.19. The summed E-state index contributed by atoms with van der Waals surface area (Å²) in [5, 5.41) is 4.52. The quantitative estimate of drug-likeness (QED) is 0.183. The van der Waals surface area contributed by atoms with Crippen molar-refractivity contribution >= 4 is 72.7 Å². The van der Waals surface area contributed by atoms with E-state index < -0.39 is 5.41 Å². The molecule has 0 amide bonds. The topological polar surface area (TPSA) is 29.5 Å². The van der Waals surface area contributed by atoms with Gasteiger partial charge in [-0.3, -0.25) is 0 Å². The van der Waals surface area contributed by atoms with E-state index in [9.17, 15) is 0 Å². The fraction of sp³-hybridized carbons (Fsp3) is 0.0400. The van der Waals surface area contributed by atoms with Gasteiger partial charge < -0.3 is 13.7 Å². The van der Waals surface area contributed by atoms with Crippen molar-refractivity contribution in [1.82, 2.24) is 0 Å². The maximum atomic E-state index is 6.70. The normalized spacial score (nSPS) is 15.5. The molecule has 0 bridgehead atoms. The van der Waals surface area contributed by atoms with E-state index >= 15 is 0 Å². The van der Waals surface area contributed by atoms with E-state index in [1.165, 1.54) is 48.7 Å². The molecule has 3 heterocycles. The lowest BCUT2D eigenvalue weighted by Crippen LogP contribution is -2.32. The number of hydrogen-bond acceptors (Lipinski definition) is 4. The average molecular weight is 710 g/mol. The van der Waals surface area contributed by atoms with E-state index in [1.54, 1.807) is 0 Å². The summed E-state index contributed by atoms with van der Waals surface area (Å²) in [5.74, 6) is 0. The molecule has 1 atom stereocenters. The summed E-state index contributed by atoms with van der Waals surface area (Å²) >= 11 is 1.86. The molecule has 254 valence electrons. The number of furan rings is 2. The van der Waals surface area contributed by atoms with Crippen LogP contribution < -0.4 is 4.90 Å². The predicted molar refractivity (Wildman–Crippen MR) is 222 cm³/mol. The first-order valence-corrected chi connectivity index (χ1v) is 19.2. The van der Waals surface area contributed by atoms with Crippen molar-refractivity contribution in [2.45, 2.75) is 22.1 Å². The van der Waals surface area contributed by atoms with Gasteiger partial charge in [-0.15, -0.1) is 0 Å². The van der Waals surface area contributed by atoms with Crippen LogP contribution in [0.1, 0.15) is 27.8 Å². The monoisotopic (exact) mass is 709 g/mol. The van der Waals surface area contributed by atoms with Crippen LogP contribution in [0.15, 0.2) is 188 Å². The van der Waals surface area contributed by atoms with Gasteiger partial charge in [-0.2, -0.15) is 0 Å². The molecule has 0 N–H and O–H groups in total. The highest BCUT2D eigenvalue weighted by Crippen LogP contribution is 2.63. The Balaban J connectivity index is 1.18. The number of anilines is 3. The van der Waals surface area contributed by atoms with Crippen molar-refractivity contribution < 1.29 is 8.83 Å². The Morgan fingerprint density at radius 2 is 1.11 bits per heavy atom. The molecular formula is C50H31NO2S. The average Bonchev–Trinajstić information content (AvgIpc) is 3.87. The lowest BCUT2D eigenvalue weighted by Gasteiger charge is -2.40. The van der Waals surface area contributed by atoms with Gasteiger partial charge in [0, 0.05) is 42.7 Å². The number of nitrogens with zero attached hydrogens (tertiary/aromatic N) is 1. The minimum absolute atomic E-state index is 0.574. The fourth-order valence-corrected chi connectivity index (χ4v) is 10.6. The van der Waals surface area contributed by atoms with E-state index in [0.29, 0.717) is 0 Å². The molecule has 0 saturated heterocycles. The molecular weight excluding hydrogens is 679 g/mol. The van der Waals surface area contributed by atoms with Gasteiger partial charge in [-0.05, 0) is 100 Å². The predicted octanol–water partition coefficient (Wildman–Crippen LogP) is 14.1. The molecule has 0 fully saturated rings. The van der Waals surface area contributed by atoms with Crippen LogP contribution in [-0.4, -0.2) is 0 Å². The molecule has 1 spiro atoms. The Hall–Kier alpha value is -6.49. The number of benzene rings is 8. The zero-order chi connectivity index (χ0) is 35.5. The summed E-state index contributed by atoms with van der Waals surface area (Å²) in [4.78, 5) is 4.92. The number of fused-ring (bicyclic) bond motifs is 15. The van der Waals surface area contributed by atoms with Crippen LogP contribution in [0, 0.1) is 6.92 Å². The first-order valence-electron chi connectivity index (χ1n) is 18.4. The number of aryl methyl sites for hydroxylation is 1. The highest BCUT2D eigenvalue weighted by atomic mass is 32.2. The lowest BCUT2D eigenvalue weighted by molar-refractivity contribution is 0.662. The number of hydrogen-bond donors (Lipinski definition) is 0. The number of rotatable bonds is 3. The van der Waals surface area contributed by atoms with Crippen LogP contribution in [0.2, 0.25) is 0 Å². The van der Waals surface area contributed by atoms with E-state index in [2.05, 4.69) is 170 Å². The van der Waals surface area contributed by atoms with Crippen molar-refractivity contribution in [3.8, 4) is 11.1 Å². The van der Waals surface area contributed by atoms with Crippen LogP contribution in [0.3, 0.4) is 0 Å². The first kappa shape index (κ1) is 30.0. The highest BCUT2D eigenvalue weighted by Gasteiger charge is 2.50. The Labute approximate surface area is 316 Å². The van der Waals surface area contributed by atoms with Gasteiger partial charge in [-0.25, -0.2) is 0 Å². The van der Waals surface area contributed by atoms with Crippen molar-refractivity contribution in [2.75, 3.05) is 4.90 Å². The Kier molecular flexibility index (Phi) is 6.12. The van der Waals surface area contributed by atoms with Crippen LogP contribution in [0.5, 0.6) is 0 Å². The van der Waals surface area contributed by atoms with Gasteiger partial charge in [0.05, 0.1) is 11.1 Å². The molecule has 10 aromatic rings. The van der Waals surface area contributed by atoms with Gasteiger partial charge >= 0.3 is 0 Å². The van der Waals surface area contributed by atoms with Crippen LogP contribution in [0.25, 0.3) is 55.0 Å². The minimum atomic E-state index is -0.574. The maximum absolute atomic E-state index is 6.70. The minimum Gasteiger partial charge on any atom is -0.456 e. The molecule has 4 heteroatoms. The third kappa shape index (κ3) is 3.93. The van der Waals surface area contributed by atoms with Crippen LogP contribution in [0.4, 0.5) is 17.1 Å². The molecule has 0 radical (unpaired) electrons. The third-order valence-corrected chi connectivity index (χ3v) is 12.8.